The van der Waals surface area contributed by atoms with Crippen molar-refractivity contribution in [3.8, 4) is 0 Å². The van der Waals surface area contributed by atoms with Crippen LogP contribution in [0, 0.1) is 6.92 Å². The number of para-hydroxylation sites is 1. The Bertz CT molecular complexity index is 378. The second-order valence-corrected chi connectivity index (χ2v) is 5.26. The number of hydrogen-bond acceptors (Lipinski definition) is 3. The van der Waals surface area contributed by atoms with E-state index in [0.29, 0.717) is 6.04 Å². The van der Waals surface area contributed by atoms with Gasteiger partial charge in [0, 0.05) is 31.4 Å². The predicted octanol–water partition coefficient (Wildman–Crippen LogP) is 1.72. The molecule has 1 aromatic carbocycles. The quantitative estimate of drug-likeness (QED) is 0.874. The van der Waals surface area contributed by atoms with E-state index in [-0.39, 0.29) is 0 Å². The molecule has 1 aromatic rings. The second-order valence-electron chi connectivity index (χ2n) is 5.26. The Labute approximate surface area is 111 Å². The van der Waals surface area contributed by atoms with Crippen LogP contribution in [0.5, 0.6) is 0 Å². The van der Waals surface area contributed by atoms with Gasteiger partial charge in [0.05, 0.1) is 0 Å². The summed E-state index contributed by atoms with van der Waals surface area (Å²) in [5.41, 5.74) is 2.79. The third-order valence-corrected chi connectivity index (χ3v) is 3.96. The fourth-order valence-electron chi connectivity index (χ4n) is 2.71. The van der Waals surface area contributed by atoms with Gasteiger partial charge in [-0.1, -0.05) is 18.2 Å². The van der Waals surface area contributed by atoms with E-state index in [9.17, 15) is 0 Å². The lowest BCUT2D eigenvalue weighted by Gasteiger charge is -2.41. The van der Waals surface area contributed by atoms with Crippen LogP contribution in [0.4, 0.5) is 5.69 Å². The van der Waals surface area contributed by atoms with E-state index < -0.39 is 0 Å². The lowest BCUT2D eigenvalue weighted by atomic mass is 10.1. The molecule has 18 heavy (non-hydrogen) atoms. The zero-order valence-electron chi connectivity index (χ0n) is 11.8. The van der Waals surface area contributed by atoms with Gasteiger partial charge in [0.25, 0.3) is 0 Å². The minimum Gasteiger partial charge on any atom is -0.368 e. The number of piperazine rings is 1. The average Bonchev–Trinajstić information content (AvgIpc) is 2.39. The Kier molecular flexibility index (Phi) is 4.61. The molecule has 0 radical (unpaired) electrons. The Balaban J connectivity index is 2.05. The van der Waals surface area contributed by atoms with Crippen molar-refractivity contribution in [3.05, 3.63) is 29.8 Å². The Hall–Kier alpha value is -1.06. The first-order chi connectivity index (χ1) is 8.72. The van der Waals surface area contributed by atoms with Crippen LogP contribution in [0.2, 0.25) is 0 Å². The summed E-state index contributed by atoms with van der Waals surface area (Å²) in [4.78, 5) is 5.03. The molecule has 100 valence electrons. The van der Waals surface area contributed by atoms with Gasteiger partial charge in [-0.3, -0.25) is 4.90 Å². The molecule has 2 rings (SSSR count). The third-order valence-electron chi connectivity index (χ3n) is 3.96. The zero-order chi connectivity index (χ0) is 13.0. The fraction of sp³-hybridized carbons (Fsp3) is 0.600. The van der Waals surface area contributed by atoms with Gasteiger partial charge in [-0.05, 0) is 45.6 Å². The summed E-state index contributed by atoms with van der Waals surface area (Å²) in [5, 5.41) is 3.26. The van der Waals surface area contributed by atoms with Crippen molar-refractivity contribution < 1.29 is 0 Å². The normalized spacial score (nSPS) is 21.3. The summed E-state index contributed by atoms with van der Waals surface area (Å²) < 4.78 is 0. The Morgan fingerprint density at radius 1 is 1.28 bits per heavy atom. The molecule has 0 aromatic heterocycles. The van der Waals surface area contributed by atoms with E-state index in [1.165, 1.54) is 17.7 Å². The molecule has 1 saturated heterocycles. The Morgan fingerprint density at radius 3 is 2.78 bits per heavy atom. The van der Waals surface area contributed by atoms with Gasteiger partial charge in [0.1, 0.15) is 0 Å². The van der Waals surface area contributed by atoms with Crippen molar-refractivity contribution in [2.45, 2.75) is 19.4 Å². The number of rotatable bonds is 4. The minimum absolute atomic E-state index is 0.658. The number of hydrogen-bond donors (Lipinski definition) is 1. The Morgan fingerprint density at radius 2 is 2.06 bits per heavy atom. The number of benzene rings is 1. The number of nitrogens with one attached hydrogen (secondary N) is 1. The molecule has 0 saturated carbocycles. The van der Waals surface area contributed by atoms with E-state index in [2.05, 4.69) is 53.4 Å². The average molecular weight is 247 g/mol. The molecule has 1 atom stereocenters. The van der Waals surface area contributed by atoms with Crippen LogP contribution in [-0.2, 0) is 0 Å². The summed E-state index contributed by atoms with van der Waals surface area (Å²) >= 11 is 0. The lowest BCUT2D eigenvalue weighted by Crippen LogP contribution is -2.52. The minimum atomic E-state index is 0.658. The van der Waals surface area contributed by atoms with Crippen LogP contribution in [0.15, 0.2) is 24.3 Å². The maximum Gasteiger partial charge on any atom is 0.0396 e. The van der Waals surface area contributed by atoms with Gasteiger partial charge in [-0.15, -0.1) is 0 Å². The number of anilines is 1. The van der Waals surface area contributed by atoms with Crippen LogP contribution in [-0.4, -0.2) is 51.2 Å². The fourth-order valence-corrected chi connectivity index (χ4v) is 2.71. The molecule has 1 unspecified atom stereocenters. The largest absolute Gasteiger partial charge is 0.368 e. The molecule has 1 aliphatic rings. The van der Waals surface area contributed by atoms with E-state index in [1.807, 2.05) is 7.05 Å². The van der Waals surface area contributed by atoms with Crippen molar-refractivity contribution in [1.29, 1.82) is 0 Å². The maximum absolute atomic E-state index is 3.26. The van der Waals surface area contributed by atoms with Crippen LogP contribution in [0.3, 0.4) is 0 Å². The molecule has 1 aliphatic heterocycles. The second kappa shape index (κ2) is 6.21. The molecule has 3 nitrogen and oxygen atoms in total. The summed E-state index contributed by atoms with van der Waals surface area (Å²) in [6, 6.07) is 9.37. The molecule has 3 heteroatoms. The van der Waals surface area contributed by atoms with Gasteiger partial charge < -0.3 is 10.2 Å². The molecule has 1 heterocycles. The number of aryl methyl sites for hydroxylation is 1. The van der Waals surface area contributed by atoms with Gasteiger partial charge in [-0.2, -0.15) is 0 Å². The predicted molar refractivity (Wildman–Crippen MR) is 78.4 cm³/mol. The van der Waals surface area contributed by atoms with Crippen molar-refractivity contribution in [2.24, 2.45) is 0 Å². The van der Waals surface area contributed by atoms with E-state index >= 15 is 0 Å². The first kappa shape index (κ1) is 13.4. The lowest BCUT2D eigenvalue weighted by molar-refractivity contribution is 0.208. The molecule has 0 spiro atoms. The summed E-state index contributed by atoms with van der Waals surface area (Å²) in [5.74, 6) is 0. The van der Waals surface area contributed by atoms with Crippen LogP contribution in [0.25, 0.3) is 0 Å². The zero-order valence-corrected chi connectivity index (χ0v) is 11.8. The molecule has 0 amide bonds. The highest BCUT2D eigenvalue weighted by molar-refractivity contribution is 5.53. The van der Waals surface area contributed by atoms with Gasteiger partial charge in [-0.25, -0.2) is 0 Å². The van der Waals surface area contributed by atoms with Gasteiger partial charge >= 0.3 is 0 Å². The maximum atomic E-state index is 3.26. The third kappa shape index (κ3) is 3.03. The van der Waals surface area contributed by atoms with Crippen molar-refractivity contribution in [2.75, 3.05) is 45.2 Å². The number of likely N-dealkylation sites (N-methyl/N-ethyl adjacent to an activating group) is 1. The summed E-state index contributed by atoms with van der Waals surface area (Å²) in [6.07, 6.45) is 1.22. The monoisotopic (exact) mass is 247 g/mol. The van der Waals surface area contributed by atoms with E-state index in [4.69, 9.17) is 0 Å². The van der Waals surface area contributed by atoms with Crippen molar-refractivity contribution >= 4 is 5.69 Å². The summed E-state index contributed by atoms with van der Waals surface area (Å²) in [6.45, 7) is 6.73. The molecule has 0 aliphatic carbocycles. The van der Waals surface area contributed by atoms with E-state index in [0.717, 1.165) is 26.2 Å². The first-order valence-corrected chi connectivity index (χ1v) is 6.88. The first-order valence-electron chi connectivity index (χ1n) is 6.88. The van der Waals surface area contributed by atoms with Gasteiger partial charge in [0.2, 0.25) is 0 Å². The SMILES string of the molecule is CNCCC1CN(c2ccccc2C)CCN1C. The topological polar surface area (TPSA) is 18.5 Å². The molecular weight excluding hydrogens is 222 g/mol. The highest BCUT2D eigenvalue weighted by atomic mass is 15.3. The standard InChI is InChI=1S/C15H25N3/c1-13-6-4-5-7-15(13)18-11-10-17(3)14(12-18)8-9-16-2/h4-7,14,16H,8-12H2,1-3H3. The molecule has 1 fully saturated rings. The van der Waals surface area contributed by atoms with Crippen LogP contribution >= 0.6 is 0 Å². The molecule has 0 bridgehead atoms. The van der Waals surface area contributed by atoms with Gasteiger partial charge in [0.15, 0.2) is 0 Å². The summed E-state index contributed by atoms with van der Waals surface area (Å²) in [7, 11) is 4.28. The molecular formula is C15H25N3. The smallest absolute Gasteiger partial charge is 0.0396 e. The molecule has 1 N–H and O–H groups in total. The van der Waals surface area contributed by atoms with Crippen LogP contribution < -0.4 is 10.2 Å². The highest BCUT2D eigenvalue weighted by Crippen LogP contribution is 2.23. The highest BCUT2D eigenvalue weighted by Gasteiger charge is 2.24. The van der Waals surface area contributed by atoms with E-state index in [1.54, 1.807) is 0 Å². The van der Waals surface area contributed by atoms with Crippen LogP contribution in [0.1, 0.15) is 12.0 Å². The number of nitrogens with zero attached hydrogens (tertiary/aromatic N) is 2. The van der Waals surface area contributed by atoms with Crippen molar-refractivity contribution in [3.63, 3.8) is 0 Å². The van der Waals surface area contributed by atoms with Crippen molar-refractivity contribution in [1.82, 2.24) is 10.2 Å².